The average molecular weight is 393 g/mol. The van der Waals surface area contributed by atoms with Crippen molar-refractivity contribution in [2.24, 2.45) is 0 Å². The molecule has 1 aliphatic rings. The Balaban J connectivity index is 1.63. The smallest absolute Gasteiger partial charge is 0.234 e. The monoisotopic (exact) mass is 392 g/mol. The summed E-state index contributed by atoms with van der Waals surface area (Å²) < 4.78 is 11.8. The van der Waals surface area contributed by atoms with Gasteiger partial charge in [0.15, 0.2) is 0 Å². The third kappa shape index (κ3) is 4.26. The topological polar surface area (TPSA) is 63.5 Å². The summed E-state index contributed by atoms with van der Waals surface area (Å²) >= 11 is 3.53. The lowest BCUT2D eigenvalue weighted by Crippen LogP contribution is -2.50. The van der Waals surface area contributed by atoms with Crippen LogP contribution in [0.25, 0.3) is 0 Å². The van der Waals surface area contributed by atoms with Crippen molar-refractivity contribution in [3.63, 3.8) is 0 Å². The van der Waals surface area contributed by atoms with E-state index >= 15 is 0 Å². The number of ether oxygens (including phenoxy) is 1. The van der Waals surface area contributed by atoms with Crippen molar-refractivity contribution in [1.29, 1.82) is 0 Å². The number of carbonyl (C=O) groups is 1. The molecule has 1 aromatic carbocycles. The number of rotatable bonds is 6. The number of amides is 1. The summed E-state index contributed by atoms with van der Waals surface area (Å²) in [5, 5.41) is 6.33. The standard InChI is InChI=1S/C18H21BrN2O3/c19-15-4-1-3-14(11-15)18(6-9-23-10-7-18)21-13-17(22)20-12-16-5-2-8-24-16/h1-5,8,11,21H,6-7,9-10,12-13H2,(H,20,22). The minimum absolute atomic E-state index is 0.0488. The Hall–Kier alpha value is -1.63. The van der Waals surface area contributed by atoms with Gasteiger partial charge in [0.25, 0.3) is 0 Å². The number of nitrogens with one attached hydrogen (secondary N) is 2. The largest absolute Gasteiger partial charge is 0.467 e. The molecule has 5 nitrogen and oxygen atoms in total. The van der Waals surface area contributed by atoms with Gasteiger partial charge in [-0.15, -0.1) is 0 Å². The number of benzene rings is 1. The summed E-state index contributed by atoms with van der Waals surface area (Å²) in [6, 6.07) is 11.9. The molecule has 1 fully saturated rings. The second-order valence-electron chi connectivity index (χ2n) is 5.91. The quantitative estimate of drug-likeness (QED) is 0.792. The number of furan rings is 1. The van der Waals surface area contributed by atoms with Gasteiger partial charge in [0.1, 0.15) is 5.76 Å². The van der Waals surface area contributed by atoms with Crippen LogP contribution in [0.2, 0.25) is 0 Å². The van der Waals surface area contributed by atoms with E-state index in [4.69, 9.17) is 9.15 Å². The molecule has 0 spiro atoms. The molecule has 6 heteroatoms. The van der Waals surface area contributed by atoms with E-state index in [2.05, 4.69) is 38.7 Å². The Morgan fingerprint density at radius 3 is 2.75 bits per heavy atom. The molecule has 24 heavy (non-hydrogen) atoms. The van der Waals surface area contributed by atoms with Gasteiger partial charge < -0.3 is 14.5 Å². The van der Waals surface area contributed by atoms with Crippen LogP contribution < -0.4 is 10.6 Å². The second-order valence-corrected chi connectivity index (χ2v) is 6.83. The van der Waals surface area contributed by atoms with Crippen molar-refractivity contribution >= 4 is 21.8 Å². The van der Waals surface area contributed by atoms with Crippen molar-refractivity contribution in [2.75, 3.05) is 19.8 Å². The number of hydrogen-bond acceptors (Lipinski definition) is 4. The molecule has 1 amide bonds. The van der Waals surface area contributed by atoms with Crippen LogP contribution in [0.15, 0.2) is 51.6 Å². The van der Waals surface area contributed by atoms with Gasteiger partial charge in [0.2, 0.25) is 5.91 Å². The van der Waals surface area contributed by atoms with Crippen LogP contribution in [0, 0.1) is 0 Å². The van der Waals surface area contributed by atoms with E-state index < -0.39 is 0 Å². The highest BCUT2D eigenvalue weighted by Gasteiger charge is 2.34. The van der Waals surface area contributed by atoms with E-state index in [9.17, 15) is 4.79 Å². The van der Waals surface area contributed by atoms with Gasteiger partial charge in [0, 0.05) is 23.2 Å². The van der Waals surface area contributed by atoms with Crippen LogP contribution in [0.5, 0.6) is 0 Å². The summed E-state index contributed by atoms with van der Waals surface area (Å²) in [6.07, 6.45) is 3.29. The van der Waals surface area contributed by atoms with E-state index in [0.29, 0.717) is 19.8 Å². The molecule has 2 N–H and O–H groups in total. The molecular weight excluding hydrogens is 372 g/mol. The lowest BCUT2D eigenvalue weighted by Gasteiger charge is -2.38. The Kier molecular flexibility index (Phi) is 5.71. The van der Waals surface area contributed by atoms with E-state index in [-0.39, 0.29) is 18.0 Å². The van der Waals surface area contributed by atoms with Crippen LogP contribution >= 0.6 is 15.9 Å². The highest BCUT2D eigenvalue weighted by molar-refractivity contribution is 9.10. The fourth-order valence-corrected chi connectivity index (χ4v) is 3.38. The van der Waals surface area contributed by atoms with Gasteiger partial charge >= 0.3 is 0 Å². The Labute approximate surface area is 149 Å². The van der Waals surface area contributed by atoms with Crippen LogP contribution in [-0.4, -0.2) is 25.7 Å². The maximum atomic E-state index is 12.2. The predicted molar refractivity (Wildman–Crippen MR) is 94.4 cm³/mol. The highest BCUT2D eigenvalue weighted by atomic mass is 79.9. The average Bonchev–Trinajstić information content (AvgIpc) is 3.12. The molecule has 0 atom stereocenters. The SMILES string of the molecule is O=C(CNC1(c2cccc(Br)c2)CCOCC1)NCc1ccco1. The molecule has 0 saturated carbocycles. The van der Waals surface area contributed by atoms with Gasteiger partial charge in [-0.1, -0.05) is 28.1 Å². The second kappa shape index (κ2) is 7.96. The van der Waals surface area contributed by atoms with Crippen molar-refractivity contribution < 1.29 is 13.9 Å². The first-order valence-corrected chi connectivity index (χ1v) is 8.85. The molecule has 1 aliphatic heterocycles. The summed E-state index contributed by atoms with van der Waals surface area (Å²) in [6.45, 7) is 2.04. The van der Waals surface area contributed by atoms with Crippen molar-refractivity contribution in [3.8, 4) is 0 Å². The summed E-state index contributed by atoms with van der Waals surface area (Å²) in [7, 11) is 0. The van der Waals surface area contributed by atoms with Gasteiger partial charge in [-0.05, 0) is 42.7 Å². The zero-order chi connectivity index (χ0) is 16.8. The fourth-order valence-electron chi connectivity index (χ4n) is 2.98. The zero-order valence-corrected chi connectivity index (χ0v) is 15.0. The Morgan fingerprint density at radius 2 is 2.04 bits per heavy atom. The molecule has 0 aliphatic carbocycles. The van der Waals surface area contributed by atoms with Crippen molar-refractivity contribution in [1.82, 2.24) is 10.6 Å². The number of halogens is 1. The van der Waals surface area contributed by atoms with Gasteiger partial charge in [0.05, 0.1) is 19.4 Å². The lowest BCUT2D eigenvalue weighted by atomic mass is 9.82. The molecule has 2 aromatic rings. The molecule has 0 radical (unpaired) electrons. The van der Waals surface area contributed by atoms with Crippen molar-refractivity contribution in [3.05, 3.63) is 58.5 Å². The molecule has 128 valence electrons. The normalized spacial score (nSPS) is 16.7. The van der Waals surface area contributed by atoms with E-state index in [1.165, 1.54) is 5.56 Å². The molecule has 1 aromatic heterocycles. The van der Waals surface area contributed by atoms with E-state index in [1.54, 1.807) is 6.26 Å². The summed E-state index contributed by atoms with van der Waals surface area (Å²) in [5.41, 5.74) is 0.948. The van der Waals surface area contributed by atoms with Crippen LogP contribution in [0.3, 0.4) is 0 Å². The van der Waals surface area contributed by atoms with Crippen molar-refractivity contribution in [2.45, 2.75) is 24.9 Å². The maximum absolute atomic E-state index is 12.2. The molecule has 2 heterocycles. The Morgan fingerprint density at radius 1 is 1.21 bits per heavy atom. The van der Waals surface area contributed by atoms with E-state index in [1.807, 2.05) is 24.3 Å². The predicted octanol–water partition coefficient (Wildman–Crippen LogP) is 2.95. The molecular formula is C18H21BrN2O3. The van der Waals surface area contributed by atoms with Gasteiger partial charge in [-0.2, -0.15) is 0 Å². The van der Waals surface area contributed by atoms with E-state index in [0.717, 1.165) is 23.1 Å². The first-order chi connectivity index (χ1) is 11.7. The lowest BCUT2D eigenvalue weighted by molar-refractivity contribution is -0.121. The Bertz CT molecular complexity index is 667. The van der Waals surface area contributed by atoms with Crippen LogP contribution in [0.1, 0.15) is 24.2 Å². The van der Waals surface area contributed by atoms with Gasteiger partial charge in [-0.25, -0.2) is 0 Å². The zero-order valence-electron chi connectivity index (χ0n) is 13.4. The fraction of sp³-hybridized carbons (Fsp3) is 0.389. The third-order valence-corrected chi connectivity index (χ3v) is 4.84. The van der Waals surface area contributed by atoms with Gasteiger partial charge in [-0.3, -0.25) is 10.1 Å². The first-order valence-electron chi connectivity index (χ1n) is 8.06. The molecule has 0 bridgehead atoms. The summed E-state index contributed by atoms with van der Waals surface area (Å²) in [4.78, 5) is 12.2. The molecule has 3 rings (SSSR count). The molecule has 1 saturated heterocycles. The summed E-state index contributed by atoms with van der Waals surface area (Å²) in [5.74, 6) is 0.698. The third-order valence-electron chi connectivity index (χ3n) is 4.35. The minimum atomic E-state index is -0.232. The number of carbonyl (C=O) groups excluding carboxylic acids is 1. The highest BCUT2D eigenvalue weighted by Crippen LogP contribution is 2.33. The first kappa shape index (κ1) is 17.2. The van der Waals surface area contributed by atoms with Crippen LogP contribution in [-0.2, 0) is 21.6 Å². The minimum Gasteiger partial charge on any atom is -0.467 e. The number of hydrogen-bond donors (Lipinski definition) is 2. The molecule has 0 unspecified atom stereocenters. The van der Waals surface area contributed by atoms with Crippen LogP contribution in [0.4, 0.5) is 0 Å². The maximum Gasteiger partial charge on any atom is 0.234 e.